The van der Waals surface area contributed by atoms with Gasteiger partial charge in [-0.3, -0.25) is 9.69 Å². The summed E-state index contributed by atoms with van der Waals surface area (Å²) in [7, 11) is 1.39. The molecule has 4 rings (SSSR count). The van der Waals surface area contributed by atoms with Crippen molar-refractivity contribution in [3.05, 3.63) is 95.6 Å². The van der Waals surface area contributed by atoms with Crippen LogP contribution in [-0.4, -0.2) is 36.6 Å². The maximum absolute atomic E-state index is 13.3. The van der Waals surface area contributed by atoms with Crippen molar-refractivity contribution in [2.75, 3.05) is 13.9 Å². The molecular weight excluding hydrogens is 430 g/mol. The molecule has 6 heteroatoms. The van der Waals surface area contributed by atoms with Gasteiger partial charge in [-0.2, -0.15) is 0 Å². The van der Waals surface area contributed by atoms with Gasteiger partial charge in [-0.1, -0.05) is 66.7 Å². The van der Waals surface area contributed by atoms with Gasteiger partial charge in [-0.05, 0) is 35.7 Å². The van der Waals surface area contributed by atoms with Gasteiger partial charge in [-0.25, -0.2) is 0 Å². The molecule has 2 atom stereocenters. The summed E-state index contributed by atoms with van der Waals surface area (Å²) in [4.78, 5) is 27.8. The molecule has 0 fully saturated rings. The molecule has 1 aliphatic heterocycles. The fraction of sp³-hybridized carbons (Fsp3) is 0.286. The lowest BCUT2D eigenvalue weighted by atomic mass is 9.85. The summed E-state index contributed by atoms with van der Waals surface area (Å²) >= 11 is 0. The van der Waals surface area contributed by atoms with Crippen LogP contribution in [0, 0.1) is 0 Å². The number of ether oxygens (including phenoxy) is 3. The SMILES string of the molecule is COC(=O)[C@H]([C@@H](CC(C)=O)c1ccc2c(c1)OCO2)N(Cc1ccccc1)Cc1ccccc1. The molecule has 34 heavy (non-hydrogen) atoms. The van der Waals surface area contributed by atoms with Crippen LogP contribution in [0.2, 0.25) is 0 Å². The Morgan fingerprint density at radius 3 is 2.03 bits per heavy atom. The second-order valence-electron chi connectivity index (χ2n) is 8.47. The lowest BCUT2D eigenvalue weighted by molar-refractivity contribution is -0.148. The van der Waals surface area contributed by atoms with Crippen molar-refractivity contribution in [2.45, 2.75) is 38.4 Å². The van der Waals surface area contributed by atoms with E-state index in [1.807, 2.05) is 78.9 Å². The van der Waals surface area contributed by atoms with E-state index in [1.165, 1.54) is 7.11 Å². The summed E-state index contributed by atoms with van der Waals surface area (Å²) in [6.45, 7) is 2.75. The molecule has 0 bridgehead atoms. The van der Waals surface area contributed by atoms with Gasteiger partial charge in [0.1, 0.15) is 11.8 Å². The highest BCUT2D eigenvalue weighted by atomic mass is 16.7. The van der Waals surface area contributed by atoms with E-state index in [4.69, 9.17) is 14.2 Å². The standard InChI is InChI=1S/C28H29NO5/c1-20(30)15-24(23-13-14-25-26(16-23)34-19-33-25)27(28(31)32-2)29(17-21-9-5-3-6-10-21)18-22-11-7-4-8-12-22/h3-14,16,24,27H,15,17-19H2,1-2H3/t24-,27-/m0/s1. The van der Waals surface area contributed by atoms with E-state index in [0.717, 1.165) is 16.7 Å². The first-order valence-corrected chi connectivity index (χ1v) is 11.3. The van der Waals surface area contributed by atoms with Crippen molar-refractivity contribution in [3.8, 4) is 11.5 Å². The van der Waals surface area contributed by atoms with Crippen LogP contribution in [0.15, 0.2) is 78.9 Å². The fourth-order valence-corrected chi connectivity index (χ4v) is 4.44. The third-order valence-electron chi connectivity index (χ3n) is 6.01. The average Bonchev–Trinajstić information content (AvgIpc) is 3.32. The van der Waals surface area contributed by atoms with Gasteiger partial charge in [0.25, 0.3) is 0 Å². The Kier molecular flexibility index (Phi) is 7.60. The zero-order valence-electron chi connectivity index (χ0n) is 19.5. The van der Waals surface area contributed by atoms with Crippen molar-refractivity contribution < 1.29 is 23.8 Å². The van der Waals surface area contributed by atoms with Gasteiger partial charge in [0.2, 0.25) is 6.79 Å². The molecule has 0 unspecified atom stereocenters. The number of methoxy groups -OCH3 is 1. The number of carbonyl (C=O) groups is 2. The number of benzene rings is 3. The van der Waals surface area contributed by atoms with Gasteiger partial charge in [0.05, 0.1) is 7.11 Å². The Labute approximate surface area is 200 Å². The number of ketones is 1. The van der Waals surface area contributed by atoms with Crippen molar-refractivity contribution in [1.82, 2.24) is 4.90 Å². The normalized spacial score (nSPS) is 14.0. The molecular formula is C28H29NO5. The maximum atomic E-state index is 13.3. The topological polar surface area (TPSA) is 65.1 Å². The van der Waals surface area contributed by atoms with Crippen LogP contribution in [0.1, 0.15) is 36.0 Å². The van der Waals surface area contributed by atoms with Crippen LogP contribution in [-0.2, 0) is 27.4 Å². The number of hydrogen-bond donors (Lipinski definition) is 0. The lowest BCUT2D eigenvalue weighted by Crippen LogP contribution is -2.45. The van der Waals surface area contributed by atoms with E-state index in [1.54, 1.807) is 6.92 Å². The molecule has 0 amide bonds. The zero-order chi connectivity index (χ0) is 23.9. The zero-order valence-corrected chi connectivity index (χ0v) is 19.5. The molecule has 6 nitrogen and oxygen atoms in total. The highest BCUT2D eigenvalue weighted by Crippen LogP contribution is 2.38. The number of nitrogens with zero attached hydrogens (tertiary/aromatic N) is 1. The predicted molar refractivity (Wildman–Crippen MR) is 129 cm³/mol. The lowest BCUT2D eigenvalue weighted by Gasteiger charge is -2.35. The summed E-state index contributed by atoms with van der Waals surface area (Å²) < 4.78 is 16.3. The van der Waals surface area contributed by atoms with Crippen LogP contribution in [0.5, 0.6) is 11.5 Å². The van der Waals surface area contributed by atoms with E-state index >= 15 is 0 Å². The molecule has 0 saturated heterocycles. The number of hydrogen-bond acceptors (Lipinski definition) is 6. The minimum absolute atomic E-state index is 0.00376. The Balaban J connectivity index is 1.77. The molecule has 176 valence electrons. The van der Waals surface area contributed by atoms with Gasteiger partial charge in [0, 0.05) is 25.4 Å². The van der Waals surface area contributed by atoms with Crippen LogP contribution >= 0.6 is 0 Å². The smallest absolute Gasteiger partial charge is 0.323 e. The summed E-state index contributed by atoms with van der Waals surface area (Å²) in [5, 5.41) is 0. The predicted octanol–water partition coefficient (Wildman–Crippen LogP) is 4.72. The van der Waals surface area contributed by atoms with Crippen molar-refractivity contribution in [2.24, 2.45) is 0 Å². The molecule has 0 N–H and O–H groups in total. The molecule has 0 aliphatic carbocycles. The Hall–Kier alpha value is -3.64. The first kappa shape index (κ1) is 23.5. The van der Waals surface area contributed by atoms with Crippen molar-refractivity contribution in [3.63, 3.8) is 0 Å². The Bertz CT molecular complexity index is 1070. The second-order valence-corrected chi connectivity index (χ2v) is 8.47. The molecule has 0 saturated carbocycles. The minimum Gasteiger partial charge on any atom is -0.468 e. The fourth-order valence-electron chi connectivity index (χ4n) is 4.44. The van der Waals surface area contributed by atoms with Crippen LogP contribution in [0.4, 0.5) is 0 Å². The molecule has 0 aromatic heterocycles. The average molecular weight is 460 g/mol. The summed E-state index contributed by atoms with van der Waals surface area (Å²) in [5.41, 5.74) is 2.97. The molecule has 0 radical (unpaired) electrons. The Morgan fingerprint density at radius 1 is 0.882 bits per heavy atom. The Morgan fingerprint density at radius 2 is 1.47 bits per heavy atom. The summed E-state index contributed by atoms with van der Waals surface area (Å²) in [6, 6.07) is 24.9. The minimum atomic E-state index is -0.685. The van der Waals surface area contributed by atoms with E-state index in [-0.39, 0.29) is 25.0 Å². The quantitative estimate of drug-likeness (QED) is 0.409. The number of Topliss-reactive ketones (excluding diaryl/α,β-unsaturated/α-hetero) is 1. The monoisotopic (exact) mass is 459 g/mol. The second kappa shape index (κ2) is 11.0. The van der Waals surface area contributed by atoms with Crippen molar-refractivity contribution in [1.29, 1.82) is 0 Å². The molecule has 1 heterocycles. The third kappa shape index (κ3) is 5.64. The summed E-state index contributed by atoms with van der Waals surface area (Å²) in [6.07, 6.45) is 0.194. The van der Waals surface area contributed by atoms with Crippen LogP contribution in [0.3, 0.4) is 0 Å². The number of rotatable bonds is 10. The summed E-state index contributed by atoms with van der Waals surface area (Å²) in [5.74, 6) is 0.469. The molecule has 0 spiro atoms. The van der Waals surface area contributed by atoms with Crippen molar-refractivity contribution >= 4 is 11.8 Å². The number of esters is 1. The molecule has 3 aromatic rings. The maximum Gasteiger partial charge on any atom is 0.323 e. The van der Waals surface area contributed by atoms with Gasteiger partial charge in [0.15, 0.2) is 11.5 Å². The largest absolute Gasteiger partial charge is 0.468 e. The number of carbonyl (C=O) groups excluding carboxylic acids is 2. The van der Waals surface area contributed by atoms with E-state index in [9.17, 15) is 9.59 Å². The van der Waals surface area contributed by atoms with Crippen LogP contribution in [0.25, 0.3) is 0 Å². The first-order valence-electron chi connectivity index (χ1n) is 11.3. The first-order chi connectivity index (χ1) is 16.5. The molecule has 3 aromatic carbocycles. The third-order valence-corrected chi connectivity index (χ3v) is 6.01. The highest BCUT2D eigenvalue weighted by Gasteiger charge is 2.37. The van der Waals surface area contributed by atoms with Gasteiger partial charge < -0.3 is 19.0 Å². The van der Waals surface area contributed by atoms with E-state index in [0.29, 0.717) is 24.6 Å². The van der Waals surface area contributed by atoms with Gasteiger partial charge >= 0.3 is 5.97 Å². The van der Waals surface area contributed by atoms with E-state index in [2.05, 4.69) is 4.90 Å². The molecule has 1 aliphatic rings. The van der Waals surface area contributed by atoms with Crippen LogP contribution < -0.4 is 9.47 Å². The van der Waals surface area contributed by atoms with Gasteiger partial charge in [-0.15, -0.1) is 0 Å². The van der Waals surface area contributed by atoms with E-state index < -0.39 is 12.0 Å². The highest BCUT2D eigenvalue weighted by molar-refractivity contribution is 5.81. The number of fused-ring (bicyclic) bond motifs is 1.